The number of nitrogens with one attached hydrogen (secondary N) is 1. The van der Waals surface area contributed by atoms with Gasteiger partial charge in [-0.25, -0.2) is 0 Å². The van der Waals surface area contributed by atoms with Gasteiger partial charge in [-0.2, -0.15) is 0 Å². The minimum absolute atomic E-state index is 0.305. The molecule has 0 radical (unpaired) electrons. The molecule has 0 bridgehead atoms. The van der Waals surface area contributed by atoms with E-state index in [1.54, 1.807) is 0 Å². The van der Waals surface area contributed by atoms with Crippen molar-refractivity contribution >= 4 is 12.6 Å². The molecule has 3 rings (SSSR count). The van der Waals surface area contributed by atoms with Gasteiger partial charge in [-0.1, -0.05) is 6.07 Å². The molecule has 5 heteroatoms. The maximum atomic E-state index is 6.11. The van der Waals surface area contributed by atoms with Crippen LogP contribution in [0.5, 0.6) is 0 Å². The van der Waals surface area contributed by atoms with Crippen LogP contribution in [0.2, 0.25) is 0 Å². The van der Waals surface area contributed by atoms with Gasteiger partial charge in [0.15, 0.2) is 0 Å². The van der Waals surface area contributed by atoms with E-state index in [2.05, 4.69) is 44.1 Å². The molecule has 2 fully saturated rings. The summed E-state index contributed by atoms with van der Waals surface area (Å²) in [4.78, 5) is 4.41. The molecule has 0 aliphatic carbocycles. The van der Waals surface area contributed by atoms with Gasteiger partial charge in [-0.3, -0.25) is 4.98 Å². The van der Waals surface area contributed by atoms with E-state index < -0.39 is 0 Å². The molecular formula is C16H25BN2O2. The first-order valence-electron chi connectivity index (χ1n) is 7.90. The van der Waals surface area contributed by atoms with Crippen molar-refractivity contribution in [2.24, 2.45) is 0 Å². The van der Waals surface area contributed by atoms with Crippen LogP contribution in [-0.4, -0.2) is 36.4 Å². The molecule has 2 saturated heterocycles. The van der Waals surface area contributed by atoms with Crippen LogP contribution in [0.1, 0.15) is 52.0 Å². The summed E-state index contributed by atoms with van der Waals surface area (Å²) in [5, 5.41) is 3.46. The minimum Gasteiger partial charge on any atom is -0.399 e. The highest BCUT2D eigenvalue weighted by molar-refractivity contribution is 6.62. The molecule has 114 valence electrons. The Labute approximate surface area is 127 Å². The Morgan fingerprint density at radius 3 is 2.52 bits per heavy atom. The van der Waals surface area contributed by atoms with Crippen molar-refractivity contribution < 1.29 is 9.31 Å². The third kappa shape index (κ3) is 2.87. The molecule has 21 heavy (non-hydrogen) atoms. The van der Waals surface area contributed by atoms with Gasteiger partial charge >= 0.3 is 7.12 Å². The Balaban J connectivity index is 1.81. The molecule has 2 aliphatic rings. The predicted molar refractivity (Wildman–Crippen MR) is 84.8 cm³/mol. The van der Waals surface area contributed by atoms with Crippen LogP contribution < -0.4 is 10.8 Å². The highest BCUT2D eigenvalue weighted by Gasteiger charge is 2.51. The fourth-order valence-electron chi connectivity index (χ4n) is 2.94. The van der Waals surface area contributed by atoms with Crippen molar-refractivity contribution in [1.29, 1.82) is 0 Å². The minimum atomic E-state index is -0.320. The largest absolute Gasteiger partial charge is 0.496 e. The fourth-order valence-corrected chi connectivity index (χ4v) is 2.94. The predicted octanol–water partition coefficient (Wildman–Crippen LogP) is 1.85. The van der Waals surface area contributed by atoms with Crippen LogP contribution in [0.25, 0.3) is 0 Å². The quantitative estimate of drug-likeness (QED) is 0.843. The Morgan fingerprint density at radius 2 is 1.90 bits per heavy atom. The van der Waals surface area contributed by atoms with Crippen LogP contribution in [0.4, 0.5) is 0 Å². The first kappa shape index (κ1) is 15.0. The average molecular weight is 288 g/mol. The molecular weight excluding hydrogens is 263 g/mol. The van der Waals surface area contributed by atoms with E-state index in [0.29, 0.717) is 5.92 Å². The van der Waals surface area contributed by atoms with Crippen molar-refractivity contribution in [3.8, 4) is 0 Å². The Hall–Kier alpha value is -0.905. The van der Waals surface area contributed by atoms with E-state index in [4.69, 9.17) is 9.31 Å². The number of pyridine rings is 1. The number of hydrogen-bond donors (Lipinski definition) is 1. The molecule has 0 aromatic carbocycles. The second-order valence-corrected chi connectivity index (χ2v) is 7.18. The topological polar surface area (TPSA) is 43.4 Å². The van der Waals surface area contributed by atoms with Crippen LogP contribution in [0, 0.1) is 0 Å². The zero-order chi connectivity index (χ0) is 15.1. The van der Waals surface area contributed by atoms with Crippen molar-refractivity contribution in [2.75, 3.05) is 13.1 Å². The lowest BCUT2D eigenvalue weighted by molar-refractivity contribution is 0.00578. The van der Waals surface area contributed by atoms with Crippen molar-refractivity contribution in [3.63, 3.8) is 0 Å². The van der Waals surface area contributed by atoms with E-state index in [0.717, 1.165) is 18.6 Å². The van der Waals surface area contributed by atoms with Crippen molar-refractivity contribution in [2.45, 2.75) is 57.7 Å². The molecule has 1 aromatic heterocycles. The molecule has 3 heterocycles. The molecule has 0 unspecified atom stereocenters. The van der Waals surface area contributed by atoms with E-state index in [9.17, 15) is 0 Å². The summed E-state index contributed by atoms with van der Waals surface area (Å²) in [6, 6.07) is 2.20. The van der Waals surface area contributed by atoms with Crippen LogP contribution in [-0.2, 0) is 9.31 Å². The number of aromatic nitrogens is 1. The van der Waals surface area contributed by atoms with Crippen molar-refractivity contribution in [3.05, 3.63) is 24.0 Å². The zero-order valence-electron chi connectivity index (χ0n) is 13.5. The van der Waals surface area contributed by atoms with Gasteiger partial charge in [0.2, 0.25) is 0 Å². The maximum absolute atomic E-state index is 6.11. The highest BCUT2D eigenvalue weighted by atomic mass is 16.7. The van der Waals surface area contributed by atoms with Crippen molar-refractivity contribution in [1.82, 2.24) is 10.3 Å². The molecule has 0 saturated carbocycles. The van der Waals surface area contributed by atoms with E-state index >= 15 is 0 Å². The lowest BCUT2D eigenvalue weighted by Gasteiger charge is -2.32. The van der Waals surface area contributed by atoms with Gasteiger partial charge in [-0.15, -0.1) is 0 Å². The number of nitrogens with zero attached hydrogens (tertiary/aromatic N) is 1. The lowest BCUT2D eigenvalue weighted by Crippen LogP contribution is -2.41. The SMILES string of the molecule is CC1(C)OB(c2cncc([C@@H]3CCCNC3)c2)OC1(C)C. The molecule has 0 spiro atoms. The summed E-state index contributed by atoms with van der Waals surface area (Å²) in [5.41, 5.74) is 1.70. The third-order valence-electron chi connectivity index (χ3n) is 5.07. The standard InChI is InChI=1S/C16H25BN2O2/c1-15(2)16(3,4)21-17(20-15)14-8-13(10-19-11-14)12-6-5-7-18-9-12/h8,10-12,18H,5-7,9H2,1-4H3/t12-/m1/s1. The average Bonchev–Trinajstić information content (AvgIpc) is 2.69. The Bertz CT molecular complexity index is 497. The monoisotopic (exact) mass is 288 g/mol. The summed E-state index contributed by atoms with van der Waals surface area (Å²) < 4.78 is 12.2. The summed E-state index contributed by atoms with van der Waals surface area (Å²) in [6.07, 6.45) is 6.29. The van der Waals surface area contributed by atoms with Gasteiger partial charge in [0.25, 0.3) is 0 Å². The fraction of sp³-hybridized carbons (Fsp3) is 0.688. The van der Waals surface area contributed by atoms with Crippen LogP contribution >= 0.6 is 0 Å². The van der Waals surface area contributed by atoms with Crippen LogP contribution in [0.15, 0.2) is 18.5 Å². The Kier molecular flexibility index (Phi) is 3.84. The lowest BCUT2D eigenvalue weighted by atomic mass is 9.78. The molecule has 1 atom stereocenters. The smallest absolute Gasteiger partial charge is 0.399 e. The van der Waals surface area contributed by atoms with E-state index in [1.165, 1.54) is 18.4 Å². The molecule has 1 N–H and O–H groups in total. The summed E-state index contributed by atoms with van der Waals surface area (Å²) in [7, 11) is -0.320. The summed E-state index contributed by atoms with van der Waals surface area (Å²) >= 11 is 0. The molecule has 2 aliphatic heterocycles. The third-order valence-corrected chi connectivity index (χ3v) is 5.07. The van der Waals surface area contributed by atoms with Gasteiger partial charge in [0, 0.05) is 24.4 Å². The number of rotatable bonds is 2. The second-order valence-electron chi connectivity index (χ2n) is 7.18. The first-order chi connectivity index (χ1) is 9.89. The van der Waals surface area contributed by atoms with E-state index in [-0.39, 0.29) is 18.3 Å². The molecule has 4 nitrogen and oxygen atoms in total. The molecule has 0 amide bonds. The van der Waals surface area contributed by atoms with Crippen LogP contribution in [0.3, 0.4) is 0 Å². The second kappa shape index (κ2) is 5.38. The number of piperidine rings is 1. The van der Waals surface area contributed by atoms with Gasteiger partial charge in [0.1, 0.15) is 0 Å². The Morgan fingerprint density at radius 1 is 1.19 bits per heavy atom. The molecule has 1 aromatic rings. The maximum Gasteiger partial charge on any atom is 0.496 e. The van der Waals surface area contributed by atoms with E-state index in [1.807, 2.05) is 12.4 Å². The first-order valence-corrected chi connectivity index (χ1v) is 7.90. The van der Waals surface area contributed by atoms with Gasteiger partial charge < -0.3 is 14.6 Å². The normalized spacial score (nSPS) is 27.8. The van der Waals surface area contributed by atoms with Gasteiger partial charge in [0.05, 0.1) is 11.2 Å². The summed E-state index contributed by atoms with van der Waals surface area (Å²) in [6.45, 7) is 10.5. The number of hydrogen-bond acceptors (Lipinski definition) is 4. The zero-order valence-corrected chi connectivity index (χ0v) is 13.5. The van der Waals surface area contributed by atoms with Gasteiger partial charge in [-0.05, 0) is 58.6 Å². The summed E-state index contributed by atoms with van der Waals surface area (Å²) in [5.74, 6) is 0.550. The highest BCUT2D eigenvalue weighted by Crippen LogP contribution is 2.36.